The Morgan fingerprint density at radius 2 is 2.12 bits per heavy atom. The second-order valence-corrected chi connectivity index (χ2v) is 7.17. The Hall–Kier alpha value is -1.61. The third-order valence-corrected chi connectivity index (χ3v) is 5.30. The van der Waals surface area contributed by atoms with Gasteiger partial charge in [0.15, 0.2) is 16.7 Å². The zero-order chi connectivity index (χ0) is 16.5. The maximum Gasteiger partial charge on any atom is 0.191 e. The van der Waals surface area contributed by atoms with E-state index in [2.05, 4.69) is 33.6 Å². The molecule has 1 aliphatic rings. The number of furan rings is 1. The molecule has 0 bridgehead atoms. The normalized spacial score (nSPS) is 19.5. The van der Waals surface area contributed by atoms with Crippen molar-refractivity contribution in [3.63, 3.8) is 0 Å². The van der Waals surface area contributed by atoms with Gasteiger partial charge in [0.1, 0.15) is 5.76 Å². The second kappa shape index (κ2) is 7.74. The Balaban J connectivity index is 0.00000182. The number of nitrogens with zero attached hydrogens (tertiary/aromatic N) is 2. The molecule has 1 saturated carbocycles. The lowest BCUT2D eigenvalue weighted by atomic mass is 10.3. The number of para-hydroxylation sites is 1. The Morgan fingerprint density at radius 3 is 2.84 bits per heavy atom. The minimum Gasteiger partial charge on any atom is -0.457 e. The molecule has 7 heteroatoms. The Bertz CT molecular complexity index is 855. The van der Waals surface area contributed by atoms with E-state index in [4.69, 9.17) is 4.42 Å². The van der Waals surface area contributed by atoms with Gasteiger partial charge in [0.05, 0.1) is 16.8 Å². The molecule has 0 amide bonds. The quantitative estimate of drug-likeness (QED) is 0.342. The van der Waals surface area contributed by atoms with E-state index in [1.165, 1.54) is 11.1 Å². The summed E-state index contributed by atoms with van der Waals surface area (Å²) >= 11 is 1.65. The summed E-state index contributed by atoms with van der Waals surface area (Å²) in [5.74, 6) is 3.24. The van der Waals surface area contributed by atoms with Crippen LogP contribution in [0.3, 0.4) is 0 Å². The number of benzene rings is 1. The number of aromatic nitrogens is 1. The first kappa shape index (κ1) is 18.2. The Labute approximate surface area is 168 Å². The predicted molar refractivity (Wildman–Crippen MR) is 114 cm³/mol. The summed E-state index contributed by atoms with van der Waals surface area (Å²) < 4.78 is 7.11. The fourth-order valence-electron chi connectivity index (χ4n) is 2.63. The number of guanidine groups is 1. The molecular weight excluding hydrogens is 447 g/mol. The summed E-state index contributed by atoms with van der Waals surface area (Å²) in [6.45, 7) is 2.84. The van der Waals surface area contributed by atoms with Crippen LogP contribution in [0.2, 0.25) is 0 Å². The molecule has 132 valence electrons. The number of fused-ring (bicyclic) bond motifs is 1. The van der Waals surface area contributed by atoms with Gasteiger partial charge in [-0.05, 0) is 36.6 Å². The van der Waals surface area contributed by atoms with Crippen molar-refractivity contribution in [2.45, 2.75) is 25.9 Å². The summed E-state index contributed by atoms with van der Waals surface area (Å²) in [6, 6.07) is 12.6. The van der Waals surface area contributed by atoms with Crippen LogP contribution in [0, 0.1) is 5.92 Å². The number of nitrogens with one attached hydrogen (secondary N) is 2. The minimum absolute atomic E-state index is 0. The number of aliphatic imine (C=N–C) groups is 1. The van der Waals surface area contributed by atoms with Gasteiger partial charge in [-0.25, -0.2) is 4.98 Å². The SMILES string of the molecule is CN=C(NCc1ccc(-c2nc3ccccc3s2)o1)NC1CC1C.I. The lowest BCUT2D eigenvalue weighted by Gasteiger charge is -2.10. The molecule has 1 aliphatic carbocycles. The van der Waals surface area contributed by atoms with Crippen molar-refractivity contribution in [1.29, 1.82) is 0 Å². The maximum absolute atomic E-state index is 5.94. The average Bonchev–Trinajstić information content (AvgIpc) is 3.02. The van der Waals surface area contributed by atoms with Gasteiger partial charge in [-0.2, -0.15) is 0 Å². The van der Waals surface area contributed by atoms with Gasteiger partial charge in [-0.3, -0.25) is 4.99 Å². The highest BCUT2D eigenvalue weighted by Crippen LogP contribution is 2.31. The third kappa shape index (κ3) is 4.14. The summed E-state index contributed by atoms with van der Waals surface area (Å²) in [5.41, 5.74) is 1.01. The van der Waals surface area contributed by atoms with Gasteiger partial charge in [0.2, 0.25) is 0 Å². The van der Waals surface area contributed by atoms with E-state index in [-0.39, 0.29) is 24.0 Å². The molecule has 0 saturated heterocycles. The molecule has 2 atom stereocenters. The first-order chi connectivity index (χ1) is 11.7. The van der Waals surface area contributed by atoms with Crippen LogP contribution in [0.5, 0.6) is 0 Å². The van der Waals surface area contributed by atoms with Crippen molar-refractivity contribution in [1.82, 2.24) is 15.6 Å². The molecule has 25 heavy (non-hydrogen) atoms. The van der Waals surface area contributed by atoms with Gasteiger partial charge < -0.3 is 15.1 Å². The fraction of sp³-hybridized carbons (Fsp3) is 0.333. The van der Waals surface area contributed by atoms with E-state index in [9.17, 15) is 0 Å². The summed E-state index contributed by atoms with van der Waals surface area (Å²) in [6.07, 6.45) is 1.21. The average molecular weight is 468 g/mol. The molecular formula is C18H21IN4OS. The highest BCUT2D eigenvalue weighted by Gasteiger charge is 2.33. The van der Waals surface area contributed by atoms with Crippen molar-refractivity contribution in [2.75, 3.05) is 7.05 Å². The van der Waals surface area contributed by atoms with Crippen LogP contribution in [0.1, 0.15) is 19.1 Å². The molecule has 5 nitrogen and oxygen atoms in total. The van der Waals surface area contributed by atoms with Crippen molar-refractivity contribution in [3.8, 4) is 10.8 Å². The van der Waals surface area contributed by atoms with Crippen LogP contribution in [-0.4, -0.2) is 24.0 Å². The predicted octanol–water partition coefficient (Wildman–Crippen LogP) is 4.25. The van der Waals surface area contributed by atoms with E-state index in [0.717, 1.165) is 33.9 Å². The molecule has 0 aliphatic heterocycles. The van der Waals surface area contributed by atoms with E-state index >= 15 is 0 Å². The molecule has 2 heterocycles. The number of halogens is 1. The van der Waals surface area contributed by atoms with Crippen molar-refractivity contribution in [2.24, 2.45) is 10.9 Å². The lowest BCUT2D eigenvalue weighted by Crippen LogP contribution is -2.38. The monoisotopic (exact) mass is 468 g/mol. The number of thiazole rings is 1. The van der Waals surface area contributed by atoms with Crippen molar-refractivity contribution < 1.29 is 4.42 Å². The molecule has 4 rings (SSSR count). The molecule has 2 aromatic heterocycles. The molecule has 3 aromatic rings. The van der Waals surface area contributed by atoms with Crippen molar-refractivity contribution in [3.05, 3.63) is 42.2 Å². The van der Waals surface area contributed by atoms with E-state index < -0.39 is 0 Å². The second-order valence-electron chi connectivity index (χ2n) is 6.14. The smallest absolute Gasteiger partial charge is 0.191 e. The van der Waals surface area contributed by atoms with Crippen LogP contribution in [0.25, 0.3) is 21.0 Å². The highest BCUT2D eigenvalue weighted by molar-refractivity contribution is 14.0. The zero-order valence-electron chi connectivity index (χ0n) is 14.2. The number of hydrogen-bond donors (Lipinski definition) is 2. The van der Waals surface area contributed by atoms with Crippen LogP contribution < -0.4 is 10.6 Å². The summed E-state index contributed by atoms with van der Waals surface area (Å²) in [5, 5.41) is 7.61. The first-order valence-electron chi connectivity index (χ1n) is 8.15. The lowest BCUT2D eigenvalue weighted by molar-refractivity contribution is 0.513. The van der Waals surface area contributed by atoms with Gasteiger partial charge in [-0.1, -0.05) is 19.1 Å². The number of rotatable bonds is 4. The molecule has 0 radical (unpaired) electrons. The van der Waals surface area contributed by atoms with Gasteiger partial charge >= 0.3 is 0 Å². The van der Waals surface area contributed by atoms with E-state index in [1.54, 1.807) is 18.4 Å². The van der Waals surface area contributed by atoms with Crippen LogP contribution in [0.4, 0.5) is 0 Å². The zero-order valence-corrected chi connectivity index (χ0v) is 17.3. The van der Waals surface area contributed by atoms with Gasteiger partial charge in [0, 0.05) is 13.1 Å². The summed E-state index contributed by atoms with van der Waals surface area (Å²) in [7, 11) is 1.79. The fourth-order valence-corrected chi connectivity index (χ4v) is 3.56. The molecule has 1 aromatic carbocycles. The molecule has 2 unspecified atom stereocenters. The highest BCUT2D eigenvalue weighted by atomic mass is 127. The minimum atomic E-state index is 0. The molecule has 0 spiro atoms. The van der Waals surface area contributed by atoms with Crippen LogP contribution in [0.15, 0.2) is 45.8 Å². The van der Waals surface area contributed by atoms with E-state index in [1.807, 2.05) is 30.3 Å². The molecule has 2 N–H and O–H groups in total. The van der Waals surface area contributed by atoms with Crippen molar-refractivity contribution >= 4 is 51.5 Å². The Kier molecular flexibility index (Phi) is 5.63. The van der Waals surface area contributed by atoms with E-state index in [0.29, 0.717) is 12.6 Å². The van der Waals surface area contributed by atoms with Crippen LogP contribution >= 0.6 is 35.3 Å². The third-order valence-electron chi connectivity index (χ3n) is 4.25. The molecule has 1 fully saturated rings. The van der Waals surface area contributed by atoms with Crippen LogP contribution in [-0.2, 0) is 6.54 Å². The number of hydrogen-bond acceptors (Lipinski definition) is 4. The standard InChI is InChI=1S/C18H20N4OS.HI/c1-11-9-14(11)22-18(19-2)20-10-12-7-8-15(23-12)17-21-13-5-3-4-6-16(13)24-17;/h3-8,11,14H,9-10H2,1-2H3,(H2,19,20,22);1H. The first-order valence-corrected chi connectivity index (χ1v) is 8.96. The van der Waals surface area contributed by atoms with Gasteiger partial charge in [0.25, 0.3) is 0 Å². The summed E-state index contributed by atoms with van der Waals surface area (Å²) in [4.78, 5) is 8.89. The largest absolute Gasteiger partial charge is 0.457 e. The maximum atomic E-state index is 5.94. The Morgan fingerprint density at radius 1 is 1.32 bits per heavy atom. The topological polar surface area (TPSA) is 62.5 Å². The van der Waals surface area contributed by atoms with Gasteiger partial charge in [-0.15, -0.1) is 35.3 Å².